The minimum atomic E-state index is -2.36. The number of fused-ring (bicyclic) bond motifs is 7. The van der Waals surface area contributed by atoms with Crippen molar-refractivity contribution in [2.45, 2.75) is 39.5 Å². The first-order valence-corrected chi connectivity index (χ1v) is 15.3. The van der Waals surface area contributed by atoms with Gasteiger partial charge >= 0.3 is 0 Å². The molecule has 0 amide bonds. The van der Waals surface area contributed by atoms with Crippen LogP contribution in [0.2, 0.25) is 0 Å². The van der Waals surface area contributed by atoms with Gasteiger partial charge in [-0.1, -0.05) is 68.4 Å². The van der Waals surface area contributed by atoms with Gasteiger partial charge in [0.15, 0.2) is 5.69 Å². The molecule has 0 N–H and O–H groups in total. The molecule has 8 nitrogen and oxygen atoms in total. The fraction of sp³-hybridized carbons (Fsp3) is 0.179. The van der Waals surface area contributed by atoms with Crippen LogP contribution < -0.4 is 4.90 Å². The van der Waals surface area contributed by atoms with Crippen molar-refractivity contribution in [3.8, 4) is 22.9 Å². The first-order chi connectivity index (χ1) is 24.0. The third-order valence-electron chi connectivity index (χ3n) is 8.69. The fourth-order valence-corrected chi connectivity index (χ4v) is 6.51. The predicted molar refractivity (Wildman–Crippen MR) is 184 cm³/mol. The Hall–Kier alpha value is -5.33. The molecule has 7 aromatic rings. The Kier molecular flexibility index (Phi) is 6.78. The molecule has 0 radical (unpaired) electrons. The van der Waals surface area contributed by atoms with Crippen molar-refractivity contribution in [2.75, 3.05) is 11.9 Å². The normalized spacial score (nSPS) is 14.2. The number of nitriles is 1. The maximum atomic E-state index is 10.3. The van der Waals surface area contributed by atoms with E-state index in [-0.39, 0.29) is 26.1 Å². The van der Waals surface area contributed by atoms with Crippen molar-refractivity contribution in [2.24, 2.45) is 0 Å². The minimum absolute atomic E-state index is 0. The summed E-state index contributed by atoms with van der Waals surface area (Å²) in [6, 6.07) is 22.5. The molecule has 0 unspecified atom stereocenters. The molecule has 8 rings (SSSR count). The number of nitrogens with zero attached hydrogens (tertiary/aromatic N) is 6. The smallest absolute Gasteiger partial charge is 0.151 e. The molecule has 1 aliphatic rings. The van der Waals surface area contributed by atoms with E-state index in [9.17, 15) is 5.26 Å². The number of anilines is 1. The summed E-state index contributed by atoms with van der Waals surface area (Å²) in [7, 11) is 0. The minimum Gasteiger partial charge on any atom is -0.522 e. The maximum absolute atomic E-state index is 10.3. The van der Waals surface area contributed by atoms with Gasteiger partial charge in [0.2, 0.25) is 0 Å². The van der Waals surface area contributed by atoms with Gasteiger partial charge in [0.05, 0.1) is 35.6 Å². The van der Waals surface area contributed by atoms with E-state index in [1.807, 2.05) is 12.4 Å². The molecule has 0 atom stereocenters. The van der Waals surface area contributed by atoms with E-state index in [4.69, 9.17) is 24.6 Å². The van der Waals surface area contributed by atoms with Crippen molar-refractivity contribution in [3.63, 3.8) is 0 Å². The van der Waals surface area contributed by atoms with Crippen LogP contribution in [0.4, 0.5) is 11.4 Å². The van der Waals surface area contributed by atoms with Crippen LogP contribution >= 0.6 is 0 Å². The molecule has 0 saturated heterocycles. The van der Waals surface area contributed by atoms with E-state index in [1.165, 1.54) is 29.6 Å². The summed E-state index contributed by atoms with van der Waals surface area (Å²) in [5.74, 6) is 0.621. The van der Waals surface area contributed by atoms with Crippen LogP contribution in [0, 0.1) is 36.7 Å². The molecule has 1 aliphatic heterocycles. The van der Waals surface area contributed by atoms with Crippen LogP contribution in [0.25, 0.3) is 65.5 Å². The topological polar surface area (TPSA) is 78.7 Å². The van der Waals surface area contributed by atoms with Crippen molar-refractivity contribution in [1.29, 1.82) is 5.26 Å². The maximum Gasteiger partial charge on any atom is 0.151 e. The van der Waals surface area contributed by atoms with Gasteiger partial charge in [-0.3, -0.25) is 9.53 Å². The Morgan fingerprint density at radius 2 is 1.62 bits per heavy atom. The quantitative estimate of drug-likeness (QED) is 0.130. The Morgan fingerprint density at radius 1 is 0.958 bits per heavy atom. The Morgan fingerprint density at radius 3 is 2.25 bits per heavy atom. The molecule has 240 valence electrons. The van der Waals surface area contributed by atoms with Gasteiger partial charge in [0, 0.05) is 47.4 Å². The fourth-order valence-electron chi connectivity index (χ4n) is 6.51. The van der Waals surface area contributed by atoms with Gasteiger partial charge in [0.1, 0.15) is 0 Å². The molecule has 0 aliphatic carbocycles. The van der Waals surface area contributed by atoms with Crippen molar-refractivity contribution >= 4 is 55.3 Å². The first-order valence-electron chi connectivity index (χ1n) is 16.8. The molecule has 0 bridgehead atoms. The molecular weight excluding hydrogens is 691 g/mol. The molecule has 0 saturated carbocycles. The van der Waals surface area contributed by atoms with E-state index in [0.29, 0.717) is 72.7 Å². The van der Waals surface area contributed by atoms with Gasteiger partial charge in [-0.25, -0.2) is 0 Å². The van der Waals surface area contributed by atoms with Crippen molar-refractivity contribution in [1.82, 2.24) is 14.7 Å². The first kappa shape index (κ1) is 27.8. The molecule has 4 heterocycles. The largest absolute Gasteiger partial charge is 0.522 e. The summed E-state index contributed by atoms with van der Waals surface area (Å²) in [6.07, 6.45) is 6.88. The summed E-state index contributed by atoms with van der Waals surface area (Å²) in [5, 5.41) is 17.4. The van der Waals surface area contributed by atoms with Crippen LogP contribution in [0.5, 0.6) is 0 Å². The number of benzene rings is 4. The number of rotatable bonds is 5. The van der Waals surface area contributed by atoms with E-state index in [0.717, 1.165) is 10.5 Å². The number of hydrogen-bond donors (Lipinski definition) is 0. The standard InChI is InChI=1S/C39H29N6O2.Pd/c1-22(2)28-8-7-9-29(23(3)4)35(28)25-19-42-45(20-25)27-14-24(18-40)38-30(16-27)36-33(46-38)10-11-34-37(36)31-15-26(44-13-12-43(6)21-44)17-32(41-5)39(31)47-34;/h7-14,17,19-23H,1-4,6H3;/q-3;/i6D3;. The third kappa shape index (κ3) is 4.78. The molecule has 48 heavy (non-hydrogen) atoms. The average molecular weight is 723 g/mol. The SMILES string of the molecule is [2H]C([2H])([2H])N1C=CN(c2[c-]c3c(oc4ccc5oc6c(C#N)cc(-n7cc(-c8c(C(C)C)cccc8C(C)C)cn7)[c-]c6c5c43)c([N+]#[C-])c2)[CH-]1.[Pd]. The Balaban J connectivity index is 0.00000406. The summed E-state index contributed by atoms with van der Waals surface area (Å²) < 4.78 is 37.6. The molecule has 4 aromatic carbocycles. The molecular formula is C39H29N6O2Pd-3. The van der Waals surface area contributed by atoms with Crippen LogP contribution in [-0.4, -0.2) is 21.7 Å². The van der Waals surface area contributed by atoms with Crippen LogP contribution in [-0.2, 0) is 20.4 Å². The number of furan rings is 2. The zero-order valence-electron chi connectivity index (χ0n) is 29.4. The van der Waals surface area contributed by atoms with Crippen molar-refractivity contribution < 1.29 is 33.4 Å². The van der Waals surface area contributed by atoms with Crippen LogP contribution in [0.3, 0.4) is 0 Å². The van der Waals surface area contributed by atoms with Gasteiger partial charge < -0.3 is 18.6 Å². The third-order valence-corrected chi connectivity index (χ3v) is 8.69. The summed E-state index contributed by atoms with van der Waals surface area (Å²) in [5.41, 5.74) is 7.95. The van der Waals surface area contributed by atoms with E-state index in [2.05, 4.69) is 68.9 Å². The van der Waals surface area contributed by atoms with E-state index in [1.54, 1.807) is 40.0 Å². The van der Waals surface area contributed by atoms with Crippen LogP contribution in [0.15, 0.2) is 76.1 Å². The number of aromatic nitrogens is 2. The zero-order chi connectivity index (χ0) is 35.1. The van der Waals surface area contributed by atoms with E-state index < -0.39 is 6.98 Å². The predicted octanol–water partition coefficient (Wildman–Crippen LogP) is 9.95. The molecule has 0 spiro atoms. The Bertz CT molecular complexity index is 2610. The monoisotopic (exact) mass is 722 g/mol. The van der Waals surface area contributed by atoms with Gasteiger partial charge in [-0.15, -0.1) is 29.0 Å². The number of hydrogen-bond acceptors (Lipinski definition) is 6. The summed E-state index contributed by atoms with van der Waals surface area (Å²) in [4.78, 5) is 6.44. The summed E-state index contributed by atoms with van der Waals surface area (Å²) in [6.45, 7) is 15.7. The zero-order valence-corrected chi connectivity index (χ0v) is 28.0. The van der Waals surface area contributed by atoms with Gasteiger partial charge in [-0.2, -0.15) is 17.0 Å². The second-order valence-electron chi connectivity index (χ2n) is 12.3. The van der Waals surface area contributed by atoms with Gasteiger partial charge in [0.25, 0.3) is 0 Å². The average Bonchev–Trinajstić information content (AvgIpc) is 3.90. The molecule has 0 fully saturated rings. The second-order valence-corrected chi connectivity index (χ2v) is 12.3. The summed E-state index contributed by atoms with van der Waals surface area (Å²) >= 11 is 0. The molecule has 9 heteroatoms. The van der Waals surface area contributed by atoms with Crippen molar-refractivity contribution in [3.05, 3.63) is 114 Å². The van der Waals surface area contributed by atoms with Crippen LogP contribution in [0.1, 0.15) is 60.3 Å². The Labute approximate surface area is 296 Å². The van der Waals surface area contributed by atoms with E-state index >= 15 is 0 Å². The second kappa shape index (κ2) is 11.7. The molecule has 3 aromatic heterocycles. The van der Waals surface area contributed by atoms with Gasteiger partial charge in [-0.05, 0) is 65.7 Å².